The summed E-state index contributed by atoms with van der Waals surface area (Å²) in [4.78, 5) is 13.8. The summed E-state index contributed by atoms with van der Waals surface area (Å²) >= 11 is 0. The number of nitrogens with zero attached hydrogens (tertiary/aromatic N) is 4. The molecule has 0 saturated heterocycles. The molecule has 1 aliphatic rings. The average molecular weight is 330 g/mol. The van der Waals surface area contributed by atoms with Gasteiger partial charge in [-0.2, -0.15) is 18.7 Å². The highest BCUT2D eigenvalue weighted by Gasteiger charge is 2.38. The fourth-order valence-corrected chi connectivity index (χ4v) is 2.68. The highest BCUT2D eigenvalue weighted by atomic mass is 32.2. The lowest BCUT2D eigenvalue weighted by Crippen LogP contribution is -2.47. The molecule has 1 amide bonds. The number of nitrogens with one attached hydrogen (secondary N) is 1. The smallest absolute Gasteiger partial charge is 0.372 e. The summed E-state index contributed by atoms with van der Waals surface area (Å²) in [7, 11) is -0.944. The summed E-state index contributed by atoms with van der Waals surface area (Å²) in [6.07, 6.45) is 1.85. The lowest BCUT2D eigenvalue weighted by atomic mass is 9.98. The van der Waals surface area contributed by atoms with Crippen molar-refractivity contribution in [2.24, 2.45) is 17.3 Å². The van der Waals surface area contributed by atoms with Gasteiger partial charge < -0.3 is 10.2 Å². The third-order valence-electron chi connectivity index (χ3n) is 3.39. The van der Waals surface area contributed by atoms with E-state index in [1.165, 1.54) is 0 Å². The Labute approximate surface area is 128 Å². The van der Waals surface area contributed by atoms with Crippen molar-refractivity contribution in [2.45, 2.75) is 19.4 Å². The fraction of sp³-hybridized carbons (Fsp3) is 0.545. The van der Waals surface area contributed by atoms with Crippen LogP contribution in [-0.4, -0.2) is 48.4 Å². The number of aryl methyl sites for hydroxylation is 1. The molecule has 10 nitrogen and oxygen atoms in total. The first-order valence-corrected chi connectivity index (χ1v) is 8.02. The van der Waals surface area contributed by atoms with E-state index in [0.717, 1.165) is 11.3 Å². The molecular formula is C11H18N6O4S. The molecular weight excluding hydrogens is 312 g/mol. The van der Waals surface area contributed by atoms with Crippen LogP contribution >= 0.6 is 0 Å². The Kier molecular flexibility index (Phi) is 4.37. The predicted octanol–water partition coefficient (Wildman–Crippen LogP) is -1.38. The Hall–Kier alpha value is -2.14. The minimum absolute atomic E-state index is 0.105. The van der Waals surface area contributed by atoms with Gasteiger partial charge in [0.15, 0.2) is 5.84 Å². The van der Waals surface area contributed by atoms with Crippen LogP contribution in [0.15, 0.2) is 11.4 Å². The third kappa shape index (κ3) is 3.04. The van der Waals surface area contributed by atoms with Crippen LogP contribution in [0.5, 0.6) is 0 Å². The first kappa shape index (κ1) is 16.2. The zero-order chi connectivity index (χ0) is 16.5. The van der Waals surface area contributed by atoms with Crippen molar-refractivity contribution >= 4 is 22.0 Å². The molecule has 0 bridgehead atoms. The van der Waals surface area contributed by atoms with Crippen molar-refractivity contribution < 1.29 is 17.5 Å². The summed E-state index contributed by atoms with van der Waals surface area (Å²) in [5.74, 6) is 0.0420. The zero-order valence-electron chi connectivity index (χ0n) is 12.5. The molecule has 3 N–H and O–H groups in total. The Balaban J connectivity index is 2.52. The minimum atomic E-state index is -4.23. The number of rotatable bonds is 4. The number of nitrogens with two attached hydrogens (primary N) is 1. The van der Waals surface area contributed by atoms with Crippen LogP contribution in [0.3, 0.4) is 0 Å². The monoisotopic (exact) mass is 330 g/mol. The number of likely N-dealkylation sites (N-methyl/N-ethyl adjacent to an activating group) is 2. The van der Waals surface area contributed by atoms with Gasteiger partial charge in [-0.25, -0.2) is 0 Å². The van der Waals surface area contributed by atoms with Gasteiger partial charge in [-0.05, 0) is 12.1 Å². The Bertz CT molecular complexity index is 710. The Morgan fingerprint density at radius 3 is 2.86 bits per heavy atom. The van der Waals surface area contributed by atoms with Crippen molar-refractivity contribution in [3.8, 4) is 0 Å². The molecule has 1 aromatic heterocycles. The van der Waals surface area contributed by atoms with E-state index in [0.29, 0.717) is 6.54 Å². The molecule has 0 aromatic carbocycles. The maximum Gasteiger partial charge on any atom is 0.399 e. The van der Waals surface area contributed by atoms with Crippen LogP contribution < -0.4 is 10.5 Å². The fourth-order valence-electron chi connectivity index (χ4n) is 2.50. The quantitative estimate of drug-likeness (QED) is 0.397. The van der Waals surface area contributed by atoms with Gasteiger partial charge in [0.1, 0.15) is 6.04 Å². The number of amides is 1. The second-order valence-corrected chi connectivity index (χ2v) is 5.87. The summed E-state index contributed by atoms with van der Waals surface area (Å²) < 4.78 is 27.8. The van der Waals surface area contributed by atoms with Gasteiger partial charge >= 0.3 is 10.3 Å². The van der Waals surface area contributed by atoms with E-state index in [4.69, 9.17) is 5.14 Å². The van der Waals surface area contributed by atoms with Gasteiger partial charge in [-0.1, -0.05) is 0 Å². The third-order valence-corrected chi connectivity index (χ3v) is 3.67. The molecule has 2 heterocycles. The summed E-state index contributed by atoms with van der Waals surface area (Å²) in [5, 5.41) is 15.2. The molecule has 0 radical (unpaired) electrons. The highest BCUT2D eigenvalue weighted by molar-refractivity contribution is 7.84. The molecule has 1 aliphatic heterocycles. The lowest BCUT2D eigenvalue weighted by molar-refractivity contribution is -0.132. The van der Waals surface area contributed by atoms with Crippen molar-refractivity contribution in [2.75, 3.05) is 13.6 Å². The van der Waals surface area contributed by atoms with E-state index in [1.807, 2.05) is 6.92 Å². The number of amidine groups is 1. The van der Waals surface area contributed by atoms with Crippen molar-refractivity contribution in [3.05, 3.63) is 17.5 Å². The molecule has 0 unspecified atom stereocenters. The molecule has 11 heteroatoms. The van der Waals surface area contributed by atoms with Crippen molar-refractivity contribution in [1.82, 2.24) is 20.0 Å². The second kappa shape index (κ2) is 5.93. The number of hydrogen-bond acceptors (Lipinski definition) is 6. The van der Waals surface area contributed by atoms with Crippen LogP contribution in [-0.2, 0) is 32.9 Å². The SMILES string of the molecule is CCN1C(=O)Cc2cnn(C)c2[C@H]1/C(=N/OS(N)(=O)=O)NC. The van der Waals surface area contributed by atoms with E-state index in [9.17, 15) is 13.2 Å². The summed E-state index contributed by atoms with van der Waals surface area (Å²) in [6, 6.07) is -0.625. The van der Waals surface area contributed by atoms with Crippen LogP contribution in [0.25, 0.3) is 0 Å². The summed E-state index contributed by atoms with van der Waals surface area (Å²) in [6.45, 7) is 2.24. The van der Waals surface area contributed by atoms with Gasteiger partial charge in [0.25, 0.3) is 0 Å². The van der Waals surface area contributed by atoms with Crippen LogP contribution in [0.4, 0.5) is 0 Å². The molecule has 0 spiro atoms. The van der Waals surface area contributed by atoms with Crippen LogP contribution in [0.2, 0.25) is 0 Å². The maximum atomic E-state index is 12.3. The Morgan fingerprint density at radius 1 is 1.64 bits per heavy atom. The van der Waals surface area contributed by atoms with Gasteiger partial charge in [-0.3, -0.25) is 13.8 Å². The van der Waals surface area contributed by atoms with Gasteiger partial charge in [0.2, 0.25) is 5.91 Å². The first-order valence-electron chi connectivity index (χ1n) is 6.55. The van der Waals surface area contributed by atoms with Crippen LogP contribution in [0.1, 0.15) is 24.2 Å². The molecule has 0 aliphatic carbocycles. The van der Waals surface area contributed by atoms with Gasteiger partial charge in [0, 0.05) is 26.2 Å². The maximum absolute atomic E-state index is 12.3. The van der Waals surface area contributed by atoms with Crippen LogP contribution in [0, 0.1) is 0 Å². The summed E-state index contributed by atoms with van der Waals surface area (Å²) in [5.41, 5.74) is 1.51. The standard InChI is InChI=1S/C11H18N6O4S/c1-4-17-8(18)5-7-6-14-16(3)9(7)10(17)11(13-2)15-21-22(12,19)20/h6,10H,4-5H2,1-3H3,(H,13,15)(H2,12,19,20)/t10-/m0/s1. The van der Waals surface area contributed by atoms with E-state index in [-0.39, 0.29) is 18.2 Å². The number of aromatic nitrogens is 2. The molecule has 0 saturated carbocycles. The van der Waals surface area contributed by atoms with Crippen molar-refractivity contribution in [1.29, 1.82) is 0 Å². The van der Waals surface area contributed by atoms with E-state index < -0.39 is 16.3 Å². The molecule has 1 atom stereocenters. The van der Waals surface area contributed by atoms with E-state index in [1.54, 1.807) is 29.9 Å². The molecule has 22 heavy (non-hydrogen) atoms. The highest BCUT2D eigenvalue weighted by Crippen LogP contribution is 2.30. The normalized spacial score (nSPS) is 19.1. The van der Waals surface area contributed by atoms with E-state index in [2.05, 4.69) is 19.9 Å². The number of carbonyl (C=O) groups is 1. The number of oxime groups is 1. The number of fused-ring (bicyclic) bond motifs is 1. The predicted molar refractivity (Wildman–Crippen MR) is 77.7 cm³/mol. The average Bonchev–Trinajstić information content (AvgIpc) is 2.79. The number of carbonyl (C=O) groups excluding carboxylic acids is 1. The molecule has 122 valence electrons. The Morgan fingerprint density at radius 2 is 2.32 bits per heavy atom. The molecule has 0 fully saturated rings. The minimum Gasteiger partial charge on any atom is -0.372 e. The zero-order valence-corrected chi connectivity index (χ0v) is 13.3. The van der Waals surface area contributed by atoms with Crippen molar-refractivity contribution in [3.63, 3.8) is 0 Å². The first-order chi connectivity index (χ1) is 10.3. The lowest BCUT2D eigenvalue weighted by Gasteiger charge is -2.35. The van der Waals surface area contributed by atoms with Gasteiger partial charge in [0.05, 0.1) is 18.3 Å². The number of hydrogen-bond donors (Lipinski definition) is 2. The second-order valence-electron chi connectivity index (χ2n) is 4.73. The van der Waals surface area contributed by atoms with E-state index >= 15 is 0 Å². The van der Waals surface area contributed by atoms with Gasteiger partial charge in [-0.15, -0.1) is 0 Å². The topological polar surface area (TPSA) is 132 Å². The molecule has 2 rings (SSSR count). The molecule has 1 aromatic rings. The largest absolute Gasteiger partial charge is 0.399 e.